The Bertz CT molecular complexity index is 976. The van der Waals surface area contributed by atoms with Crippen LogP contribution in [0.25, 0.3) is 0 Å². The fraction of sp³-hybridized carbons (Fsp3) is 0.348. The van der Waals surface area contributed by atoms with E-state index < -0.39 is 6.04 Å². The summed E-state index contributed by atoms with van der Waals surface area (Å²) in [5.74, 6) is -0.516. The Balaban J connectivity index is 1.69. The lowest BCUT2D eigenvalue weighted by atomic mass is 9.94. The zero-order valence-corrected chi connectivity index (χ0v) is 18.0. The van der Waals surface area contributed by atoms with Crippen LogP contribution < -0.4 is 5.32 Å². The van der Waals surface area contributed by atoms with Crippen LogP contribution in [0, 0.1) is 0 Å². The SMILES string of the molecule is O=C(NC1CCCCC1)[C@H](c1cccnc1)N(Cc1ccccc1)C(=O)c1csnn1. The average molecular weight is 436 g/mol. The number of carbonyl (C=O) groups is 2. The van der Waals surface area contributed by atoms with Crippen molar-refractivity contribution >= 4 is 23.3 Å². The Morgan fingerprint density at radius 3 is 2.58 bits per heavy atom. The molecule has 2 aromatic heterocycles. The molecule has 0 bridgehead atoms. The lowest BCUT2D eigenvalue weighted by Crippen LogP contribution is -2.47. The second kappa shape index (κ2) is 10.3. The fourth-order valence-electron chi connectivity index (χ4n) is 4.00. The number of rotatable bonds is 7. The minimum Gasteiger partial charge on any atom is -0.351 e. The van der Waals surface area contributed by atoms with E-state index in [9.17, 15) is 9.59 Å². The number of pyridine rings is 1. The molecule has 1 atom stereocenters. The third-order valence-corrected chi connectivity index (χ3v) is 6.05. The molecule has 1 saturated carbocycles. The molecule has 0 aliphatic heterocycles. The standard InChI is InChI=1S/C23H25N5O2S/c29-22(25-19-11-5-2-6-12-19)21(18-10-7-13-24-14-18)28(15-17-8-3-1-4-9-17)23(30)20-16-31-27-26-20/h1,3-4,7-10,13-14,16,19,21H,2,5-6,11-12,15H2,(H,25,29)/t21-/m0/s1. The van der Waals surface area contributed by atoms with E-state index in [0.29, 0.717) is 5.56 Å². The molecule has 1 fully saturated rings. The van der Waals surface area contributed by atoms with Crippen LogP contribution in [-0.2, 0) is 11.3 Å². The van der Waals surface area contributed by atoms with Gasteiger partial charge in [-0.1, -0.05) is 60.1 Å². The third kappa shape index (κ3) is 5.32. The summed E-state index contributed by atoms with van der Waals surface area (Å²) in [7, 11) is 0. The number of hydrogen-bond acceptors (Lipinski definition) is 6. The molecule has 0 saturated heterocycles. The molecule has 1 aliphatic rings. The lowest BCUT2D eigenvalue weighted by molar-refractivity contribution is -0.127. The van der Waals surface area contributed by atoms with Crippen LogP contribution in [0.5, 0.6) is 0 Å². The van der Waals surface area contributed by atoms with Crippen molar-refractivity contribution in [3.63, 3.8) is 0 Å². The van der Waals surface area contributed by atoms with Gasteiger partial charge in [0.25, 0.3) is 5.91 Å². The summed E-state index contributed by atoms with van der Waals surface area (Å²) in [5.41, 5.74) is 1.84. The van der Waals surface area contributed by atoms with Crippen LogP contribution in [0.4, 0.5) is 0 Å². The van der Waals surface area contributed by atoms with Crippen LogP contribution in [0.15, 0.2) is 60.2 Å². The van der Waals surface area contributed by atoms with Gasteiger partial charge in [-0.25, -0.2) is 0 Å². The molecule has 2 amide bonds. The molecular formula is C23H25N5O2S. The van der Waals surface area contributed by atoms with Crippen molar-refractivity contribution in [3.05, 3.63) is 77.1 Å². The Hall–Kier alpha value is -3.13. The van der Waals surface area contributed by atoms with Gasteiger partial charge in [-0.3, -0.25) is 14.6 Å². The Morgan fingerprint density at radius 2 is 1.90 bits per heavy atom. The molecule has 2 heterocycles. The van der Waals surface area contributed by atoms with Gasteiger partial charge in [0.15, 0.2) is 5.69 Å². The Morgan fingerprint density at radius 1 is 1.10 bits per heavy atom. The monoisotopic (exact) mass is 435 g/mol. The minimum atomic E-state index is -0.815. The summed E-state index contributed by atoms with van der Waals surface area (Å²) in [6.45, 7) is 0.273. The summed E-state index contributed by atoms with van der Waals surface area (Å²) < 4.78 is 3.83. The van der Waals surface area contributed by atoms with Gasteiger partial charge in [0.05, 0.1) is 0 Å². The van der Waals surface area contributed by atoms with E-state index >= 15 is 0 Å². The first-order valence-electron chi connectivity index (χ1n) is 10.5. The molecular weight excluding hydrogens is 410 g/mol. The molecule has 0 spiro atoms. The molecule has 4 rings (SSSR count). The van der Waals surface area contributed by atoms with E-state index in [1.54, 1.807) is 28.7 Å². The van der Waals surface area contributed by atoms with Gasteiger partial charge < -0.3 is 10.2 Å². The highest BCUT2D eigenvalue weighted by molar-refractivity contribution is 7.03. The lowest BCUT2D eigenvalue weighted by Gasteiger charge is -2.33. The van der Waals surface area contributed by atoms with Crippen LogP contribution in [0.2, 0.25) is 0 Å². The quantitative estimate of drug-likeness (QED) is 0.610. The van der Waals surface area contributed by atoms with E-state index in [2.05, 4.69) is 19.9 Å². The molecule has 1 N–H and O–H groups in total. The second-order valence-electron chi connectivity index (χ2n) is 7.74. The van der Waals surface area contributed by atoms with Crippen molar-refractivity contribution in [2.24, 2.45) is 0 Å². The maximum Gasteiger partial charge on any atom is 0.276 e. The van der Waals surface area contributed by atoms with Crippen molar-refractivity contribution in [1.29, 1.82) is 0 Å². The molecule has 0 radical (unpaired) electrons. The van der Waals surface area contributed by atoms with Crippen molar-refractivity contribution in [2.75, 3.05) is 0 Å². The summed E-state index contributed by atoms with van der Waals surface area (Å²) in [6, 6.07) is 12.6. The molecule has 7 nitrogen and oxygen atoms in total. The van der Waals surface area contributed by atoms with Gasteiger partial charge in [0.1, 0.15) is 6.04 Å². The van der Waals surface area contributed by atoms with Crippen molar-refractivity contribution < 1.29 is 9.59 Å². The maximum absolute atomic E-state index is 13.6. The van der Waals surface area contributed by atoms with Crippen molar-refractivity contribution in [3.8, 4) is 0 Å². The summed E-state index contributed by atoms with van der Waals surface area (Å²) in [5, 5.41) is 8.76. The van der Waals surface area contributed by atoms with E-state index in [1.807, 2.05) is 36.4 Å². The van der Waals surface area contributed by atoms with Crippen LogP contribution in [0.3, 0.4) is 0 Å². The molecule has 0 unspecified atom stereocenters. The number of nitrogens with zero attached hydrogens (tertiary/aromatic N) is 4. The van der Waals surface area contributed by atoms with Gasteiger partial charge >= 0.3 is 0 Å². The van der Waals surface area contributed by atoms with Crippen LogP contribution in [0.1, 0.15) is 59.8 Å². The molecule has 3 aromatic rings. The minimum absolute atomic E-state index is 0.134. The Kier molecular flexibility index (Phi) is 6.99. The first-order chi connectivity index (χ1) is 15.2. The predicted octanol–water partition coefficient (Wildman–Crippen LogP) is 3.77. The molecule has 31 heavy (non-hydrogen) atoms. The van der Waals surface area contributed by atoms with Crippen LogP contribution >= 0.6 is 11.5 Å². The number of aromatic nitrogens is 3. The van der Waals surface area contributed by atoms with Gasteiger partial charge in [-0.05, 0) is 36.0 Å². The number of nitrogens with one attached hydrogen (secondary N) is 1. The molecule has 160 valence electrons. The van der Waals surface area contributed by atoms with E-state index in [0.717, 1.165) is 42.8 Å². The predicted molar refractivity (Wildman–Crippen MR) is 118 cm³/mol. The largest absolute Gasteiger partial charge is 0.351 e. The smallest absolute Gasteiger partial charge is 0.276 e. The highest BCUT2D eigenvalue weighted by Gasteiger charge is 2.34. The number of hydrogen-bond donors (Lipinski definition) is 1. The van der Waals surface area contributed by atoms with Crippen LogP contribution in [-0.4, -0.2) is 37.3 Å². The second-order valence-corrected chi connectivity index (χ2v) is 8.35. The van der Waals surface area contributed by atoms with E-state index in [4.69, 9.17) is 0 Å². The van der Waals surface area contributed by atoms with Crippen molar-refractivity contribution in [1.82, 2.24) is 24.8 Å². The summed E-state index contributed by atoms with van der Waals surface area (Å²) >= 11 is 1.11. The highest BCUT2D eigenvalue weighted by Crippen LogP contribution is 2.26. The zero-order chi connectivity index (χ0) is 21.5. The number of benzene rings is 1. The first-order valence-corrected chi connectivity index (χ1v) is 11.4. The maximum atomic E-state index is 13.6. The fourth-order valence-corrected chi connectivity index (χ4v) is 4.43. The first kappa shape index (κ1) is 21.1. The Labute approximate surface area is 185 Å². The molecule has 1 aliphatic carbocycles. The van der Waals surface area contributed by atoms with Gasteiger partial charge in [-0.2, -0.15) is 0 Å². The number of carbonyl (C=O) groups excluding carboxylic acids is 2. The van der Waals surface area contributed by atoms with Gasteiger partial charge in [0.2, 0.25) is 5.91 Å². The van der Waals surface area contributed by atoms with E-state index in [1.165, 1.54) is 6.42 Å². The van der Waals surface area contributed by atoms with Gasteiger partial charge in [-0.15, -0.1) is 5.10 Å². The summed E-state index contributed by atoms with van der Waals surface area (Å²) in [6.07, 6.45) is 8.67. The highest BCUT2D eigenvalue weighted by atomic mass is 32.1. The molecule has 1 aromatic carbocycles. The summed E-state index contributed by atoms with van der Waals surface area (Å²) in [4.78, 5) is 32.8. The van der Waals surface area contributed by atoms with E-state index in [-0.39, 0.29) is 30.1 Å². The normalized spacial score (nSPS) is 15.2. The molecule has 8 heteroatoms. The topological polar surface area (TPSA) is 88.1 Å². The van der Waals surface area contributed by atoms with Crippen molar-refractivity contribution in [2.45, 2.75) is 50.7 Å². The zero-order valence-electron chi connectivity index (χ0n) is 17.2. The average Bonchev–Trinajstić information content (AvgIpc) is 3.35. The number of amides is 2. The third-order valence-electron chi connectivity index (χ3n) is 5.55. The van der Waals surface area contributed by atoms with Gasteiger partial charge in [0, 0.05) is 35.9 Å².